The number of thiol groups is 1. The van der Waals surface area contributed by atoms with Gasteiger partial charge in [-0.1, -0.05) is 12.2 Å². The molecule has 0 aliphatic heterocycles. The standard InChI is InChI=1S/C7H8N2S2.H3N/c8-5-1-3-6(4-2-5)9-7(10)11;/h1-4H,8H2,(H2,9,10,11);1H3. The molecule has 0 aromatic heterocycles. The summed E-state index contributed by atoms with van der Waals surface area (Å²) in [5.74, 6) is 0. The van der Waals surface area contributed by atoms with Gasteiger partial charge in [0.15, 0.2) is 0 Å². The molecule has 0 unspecified atom stereocenters. The van der Waals surface area contributed by atoms with Crippen molar-refractivity contribution in [2.45, 2.75) is 0 Å². The van der Waals surface area contributed by atoms with Crippen molar-refractivity contribution in [1.29, 1.82) is 0 Å². The summed E-state index contributed by atoms with van der Waals surface area (Å²) in [5, 5.41) is 2.87. The summed E-state index contributed by atoms with van der Waals surface area (Å²) in [7, 11) is 0. The number of thiocarbonyl (C=S) groups is 1. The highest BCUT2D eigenvalue weighted by molar-refractivity contribution is 8.11. The Kier molecular flexibility index (Phi) is 4.65. The van der Waals surface area contributed by atoms with Gasteiger partial charge in [-0.25, -0.2) is 0 Å². The molecule has 0 saturated heterocycles. The molecular formula is C7H11N3S2. The quantitative estimate of drug-likeness (QED) is 0.319. The SMILES string of the molecule is N.Nc1ccc(NC(=S)S)cc1. The minimum atomic E-state index is 0. The smallest absolute Gasteiger partial charge is 0.135 e. The third-order valence-electron chi connectivity index (χ3n) is 1.16. The van der Waals surface area contributed by atoms with E-state index in [9.17, 15) is 0 Å². The lowest BCUT2D eigenvalue weighted by Gasteiger charge is -2.01. The highest BCUT2D eigenvalue weighted by Crippen LogP contribution is 2.10. The molecule has 1 aromatic carbocycles. The highest BCUT2D eigenvalue weighted by atomic mass is 32.1. The van der Waals surface area contributed by atoms with Crippen LogP contribution in [0.25, 0.3) is 0 Å². The van der Waals surface area contributed by atoms with E-state index >= 15 is 0 Å². The number of nitrogens with two attached hydrogens (primary N) is 1. The molecule has 12 heavy (non-hydrogen) atoms. The van der Waals surface area contributed by atoms with E-state index in [1.165, 1.54) is 0 Å². The van der Waals surface area contributed by atoms with Crippen LogP contribution in [0.1, 0.15) is 0 Å². The first-order valence-corrected chi connectivity index (χ1v) is 3.89. The zero-order valence-corrected chi connectivity index (χ0v) is 8.16. The van der Waals surface area contributed by atoms with Crippen molar-refractivity contribution in [3.05, 3.63) is 24.3 Å². The topological polar surface area (TPSA) is 73.0 Å². The van der Waals surface area contributed by atoms with E-state index in [-0.39, 0.29) is 6.15 Å². The van der Waals surface area contributed by atoms with E-state index in [0.717, 1.165) is 11.4 Å². The zero-order chi connectivity index (χ0) is 8.27. The molecule has 0 aliphatic carbocycles. The number of hydrogen-bond acceptors (Lipinski definition) is 3. The summed E-state index contributed by atoms with van der Waals surface area (Å²) in [6.07, 6.45) is 0. The molecule has 0 fully saturated rings. The lowest BCUT2D eigenvalue weighted by atomic mass is 10.3. The minimum absolute atomic E-state index is 0. The first-order chi connectivity index (χ1) is 5.18. The van der Waals surface area contributed by atoms with Crippen LogP contribution in [0.15, 0.2) is 24.3 Å². The van der Waals surface area contributed by atoms with Gasteiger partial charge in [-0.3, -0.25) is 0 Å². The van der Waals surface area contributed by atoms with Gasteiger partial charge < -0.3 is 17.2 Å². The molecule has 5 heteroatoms. The van der Waals surface area contributed by atoms with E-state index in [1.54, 1.807) is 12.1 Å². The number of anilines is 2. The van der Waals surface area contributed by atoms with Gasteiger partial charge >= 0.3 is 0 Å². The van der Waals surface area contributed by atoms with Crippen LogP contribution in [0.3, 0.4) is 0 Å². The van der Waals surface area contributed by atoms with E-state index in [1.807, 2.05) is 12.1 Å². The van der Waals surface area contributed by atoms with Gasteiger partial charge in [0.2, 0.25) is 0 Å². The van der Waals surface area contributed by atoms with Gasteiger partial charge in [0.25, 0.3) is 0 Å². The van der Waals surface area contributed by atoms with Gasteiger partial charge in [0, 0.05) is 11.4 Å². The molecule has 6 N–H and O–H groups in total. The van der Waals surface area contributed by atoms with Crippen LogP contribution in [0.5, 0.6) is 0 Å². The maximum absolute atomic E-state index is 5.48. The average Bonchev–Trinajstić information content (AvgIpc) is 1.93. The summed E-state index contributed by atoms with van der Waals surface area (Å²) in [5.41, 5.74) is 7.12. The predicted molar refractivity (Wildman–Crippen MR) is 61.1 cm³/mol. The van der Waals surface area contributed by atoms with Crippen molar-refractivity contribution in [2.24, 2.45) is 0 Å². The third-order valence-corrected chi connectivity index (χ3v) is 1.38. The van der Waals surface area contributed by atoms with Crippen LogP contribution < -0.4 is 17.2 Å². The number of nitrogens with one attached hydrogen (secondary N) is 1. The van der Waals surface area contributed by atoms with Gasteiger partial charge in [0.05, 0.1) is 0 Å². The molecule has 0 atom stereocenters. The molecule has 1 rings (SSSR count). The van der Waals surface area contributed by atoms with Crippen molar-refractivity contribution in [1.82, 2.24) is 6.15 Å². The Labute approximate surface area is 82.3 Å². The van der Waals surface area contributed by atoms with Crippen LogP contribution in [-0.2, 0) is 0 Å². The molecule has 0 bridgehead atoms. The normalized spacial score (nSPS) is 8.42. The minimum Gasteiger partial charge on any atom is -0.399 e. The van der Waals surface area contributed by atoms with Crippen molar-refractivity contribution >= 4 is 40.5 Å². The summed E-state index contributed by atoms with van der Waals surface area (Å²) < 4.78 is 0.453. The van der Waals surface area contributed by atoms with Crippen LogP contribution >= 0.6 is 24.8 Å². The first-order valence-electron chi connectivity index (χ1n) is 3.04. The van der Waals surface area contributed by atoms with E-state index < -0.39 is 0 Å². The summed E-state index contributed by atoms with van der Waals surface area (Å²) in [6.45, 7) is 0. The fourth-order valence-corrected chi connectivity index (χ4v) is 0.937. The summed E-state index contributed by atoms with van der Waals surface area (Å²) in [4.78, 5) is 0. The second-order valence-corrected chi connectivity index (χ2v) is 3.21. The highest BCUT2D eigenvalue weighted by Gasteiger charge is 1.90. The zero-order valence-electron chi connectivity index (χ0n) is 6.45. The van der Waals surface area contributed by atoms with Gasteiger partial charge in [-0.2, -0.15) is 0 Å². The van der Waals surface area contributed by atoms with Crippen LogP contribution in [-0.4, -0.2) is 4.32 Å². The average molecular weight is 201 g/mol. The Morgan fingerprint density at radius 3 is 2.25 bits per heavy atom. The molecular weight excluding hydrogens is 190 g/mol. The van der Waals surface area contributed by atoms with Crippen LogP contribution in [0, 0.1) is 0 Å². The van der Waals surface area contributed by atoms with Crippen molar-refractivity contribution < 1.29 is 0 Å². The largest absolute Gasteiger partial charge is 0.399 e. The molecule has 0 aliphatic rings. The van der Waals surface area contributed by atoms with E-state index in [2.05, 4.69) is 17.9 Å². The molecule has 0 spiro atoms. The molecule has 1 aromatic rings. The lowest BCUT2D eigenvalue weighted by molar-refractivity contribution is 1.65. The second kappa shape index (κ2) is 4.97. The number of benzene rings is 1. The molecule has 0 saturated carbocycles. The van der Waals surface area contributed by atoms with Crippen molar-refractivity contribution in [3.63, 3.8) is 0 Å². The Hall–Kier alpha value is -0.780. The second-order valence-electron chi connectivity index (χ2n) is 2.05. The monoisotopic (exact) mass is 201 g/mol. The summed E-state index contributed by atoms with van der Waals surface area (Å²) >= 11 is 8.66. The lowest BCUT2D eigenvalue weighted by Crippen LogP contribution is -2.00. The molecule has 0 amide bonds. The Morgan fingerprint density at radius 1 is 1.33 bits per heavy atom. The van der Waals surface area contributed by atoms with Gasteiger partial charge in [0.1, 0.15) is 4.32 Å². The molecule has 3 nitrogen and oxygen atoms in total. The first kappa shape index (κ1) is 11.2. The van der Waals surface area contributed by atoms with Crippen LogP contribution in [0.4, 0.5) is 11.4 Å². The molecule has 0 heterocycles. The molecule has 0 radical (unpaired) electrons. The summed E-state index contributed by atoms with van der Waals surface area (Å²) in [6, 6.07) is 7.29. The molecule has 66 valence electrons. The third kappa shape index (κ3) is 3.56. The number of rotatable bonds is 1. The van der Waals surface area contributed by atoms with Gasteiger partial charge in [-0.05, 0) is 24.3 Å². The van der Waals surface area contributed by atoms with Crippen LogP contribution in [0.2, 0.25) is 0 Å². The maximum Gasteiger partial charge on any atom is 0.135 e. The number of hydrogen-bond donors (Lipinski definition) is 4. The Balaban J connectivity index is 0.00000121. The van der Waals surface area contributed by atoms with Gasteiger partial charge in [-0.15, -0.1) is 12.6 Å². The van der Waals surface area contributed by atoms with Crippen molar-refractivity contribution in [3.8, 4) is 0 Å². The maximum atomic E-state index is 5.48. The fourth-order valence-electron chi connectivity index (χ4n) is 0.690. The Bertz CT molecular complexity index is 258. The van der Waals surface area contributed by atoms with E-state index in [0.29, 0.717) is 4.32 Å². The number of nitrogen functional groups attached to an aromatic ring is 1. The fraction of sp³-hybridized carbons (Fsp3) is 0. The van der Waals surface area contributed by atoms with Crippen molar-refractivity contribution in [2.75, 3.05) is 11.1 Å². The Morgan fingerprint density at radius 2 is 1.83 bits per heavy atom. The van der Waals surface area contributed by atoms with E-state index in [4.69, 9.17) is 18.0 Å². The predicted octanol–water partition coefficient (Wildman–Crippen LogP) is 2.06.